The number of carboxylic acids is 1. The number of carboxylic acid groups (broad SMARTS) is 1. The molecule has 0 amide bonds. The number of imidazole rings is 1. The third-order valence-electron chi connectivity index (χ3n) is 4.80. The van der Waals surface area contributed by atoms with Crippen LogP contribution < -0.4 is 0 Å². The number of nitrogens with zero attached hydrogens (tertiary/aromatic N) is 2. The predicted molar refractivity (Wildman–Crippen MR) is 97.3 cm³/mol. The molecule has 0 saturated heterocycles. The maximum absolute atomic E-state index is 13.6. The van der Waals surface area contributed by atoms with Crippen molar-refractivity contribution in [2.45, 2.75) is 31.7 Å². The Balaban J connectivity index is 1.95. The highest BCUT2D eigenvalue weighted by Gasteiger charge is 2.24. The summed E-state index contributed by atoms with van der Waals surface area (Å²) in [4.78, 5) is 16.0. The number of hydrogen-bond donors (Lipinski definition) is 1. The van der Waals surface area contributed by atoms with Crippen molar-refractivity contribution < 1.29 is 14.3 Å². The third-order valence-corrected chi connectivity index (χ3v) is 5.41. The van der Waals surface area contributed by atoms with Gasteiger partial charge in [0.2, 0.25) is 0 Å². The van der Waals surface area contributed by atoms with E-state index in [2.05, 4.69) is 20.5 Å². The molecular weight excluding hydrogens is 387 g/mol. The molecule has 0 atom stereocenters. The summed E-state index contributed by atoms with van der Waals surface area (Å²) in [5.41, 5.74) is 2.61. The fourth-order valence-corrected chi connectivity index (χ4v) is 3.98. The highest BCUT2D eigenvalue weighted by atomic mass is 79.9. The molecule has 0 spiro atoms. The van der Waals surface area contributed by atoms with E-state index in [0.717, 1.165) is 29.7 Å². The normalized spacial score (nSPS) is 15.1. The molecule has 0 radical (unpaired) electrons. The average molecular weight is 403 g/mol. The summed E-state index contributed by atoms with van der Waals surface area (Å²) >= 11 is 3.24. The average Bonchev–Trinajstić information content (AvgIpc) is 3.23. The van der Waals surface area contributed by atoms with Crippen LogP contribution in [-0.2, 0) is 0 Å². The molecule has 1 aromatic heterocycles. The summed E-state index contributed by atoms with van der Waals surface area (Å²) in [6, 6.07) is 10.2. The van der Waals surface area contributed by atoms with Gasteiger partial charge in [0.1, 0.15) is 11.6 Å². The van der Waals surface area contributed by atoms with Gasteiger partial charge in [0.15, 0.2) is 0 Å². The van der Waals surface area contributed by atoms with Gasteiger partial charge in [-0.05, 0) is 65.2 Å². The van der Waals surface area contributed by atoms with Crippen molar-refractivity contribution in [3.8, 4) is 11.4 Å². The molecule has 2 aromatic carbocycles. The highest BCUT2D eigenvalue weighted by Crippen LogP contribution is 2.37. The monoisotopic (exact) mass is 402 g/mol. The van der Waals surface area contributed by atoms with Gasteiger partial charge in [-0.15, -0.1) is 0 Å². The van der Waals surface area contributed by atoms with Gasteiger partial charge in [-0.25, -0.2) is 14.2 Å². The van der Waals surface area contributed by atoms with Crippen LogP contribution >= 0.6 is 15.9 Å². The van der Waals surface area contributed by atoms with E-state index < -0.39 is 5.97 Å². The molecule has 0 aliphatic heterocycles. The highest BCUT2D eigenvalue weighted by molar-refractivity contribution is 9.10. The summed E-state index contributed by atoms with van der Waals surface area (Å²) < 4.78 is 16.2. The second-order valence-corrected chi connectivity index (χ2v) is 7.24. The number of rotatable bonds is 3. The molecule has 3 aromatic rings. The first-order valence-corrected chi connectivity index (χ1v) is 9.04. The number of carbonyl (C=O) groups is 1. The predicted octanol–water partition coefficient (Wildman–Crippen LogP) is 5.42. The van der Waals surface area contributed by atoms with Crippen molar-refractivity contribution in [2.75, 3.05) is 0 Å². The molecule has 0 unspecified atom stereocenters. The Morgan fingerprint density at radius 3 is 2.64 bits per heavy atom. The standard InChI is InChI=1S/C19H16BrFN2O2/c20-14-9-11(5-7-15(14)21)18-22-16-10-12(19(24)25)6-8-17(16)23(18)13-3-1-2-4-13/h5-10,13H,1-4H2,(H,24,25). The molecule has 1 heterocycles. The molecule has 128 valence electrons. The fourth-order valence-electron chi connectivity index (χ4n) is 3.60. The molecule has 1 aliphatic carbocycles. The van der Waals surface area contributed by atoms with Crippen molar-refractivity contribution in [3.05, 3.63) is 52.3 Å². The van der Waals surface area contributed by atoms with Crippen LogP contribution in [0.3, 0.4) is 0 Å². The van der Waals surface area contributed by atoms with E-state index in [9.17, 15) is 14.3 Å². The first-order valence-electron chi connectivity index (χ1n) is 8.25. The number of aromatic carboxylic acids is 1. The van der Waals surface area contributed by atoms with E-state index in [1.54, 1.807) is 24.3 Å². The Morgan fingerprint density at radius 2 is 1.96 bits per heavy atom. The number of aromatic nitrogens is 2. The van der Waals surface area contributed by atoms with Crippen LogP contribution in [0.15, 0.2) is 40.9 Å². The molecule has 1 fully saturated rings. The Bertz CT molecular complexity index is 977. The number of hydrogen-bond acceptors (Lipinski definition) is 2. The van der Waals surface area contributed by atoms with E-state index in [0.29, 0.717) is 16.0 Å². The van der Waals surface area contributed by atoms with Gasteiger partial charge in [0, 0.05) is 11.6 Å². The van der Waals surface area contributed by atoms with E-state index in [1.807, 2.05) is 6.07 Å². The zero-order chi connectivity index (χ0) is 17.6. The molecular formula is C19H16BrFN2O2. The first kappa shape index (κ1) is 16.3. The summed E-state index contributed by atoms with van der Waals surface area (Å²) in [6.45, 7) is 0. The van der Waals surface area contributed by atoms with Gasteiger partial charge in [-0.3, -0.25) is 0 Å². The van der Waals surface area contributed by atoms with Crippen molar-refractivity contribution in [1.82, 2.24) is 9.55 Å². The maximum Gasteiger partial charge on any atom is 0.335 e. The Morgan fingerprint density at radius 1 is 1.20 bits per heavy atom. The van der Waals surface area contributed by atoms with Gasteiger partial charge in [0.05, 0.1) is 21.1 Å². The second kappa shape index (κ2) is 6.26. The SMILES string of the molecule is O=C(O)c1ccc2c(c1)nc(-c1ccc(F)c(Br)c1)n2C1CCCC1. The maximum atomic E-state index is 13.6. The summed E-state index contributed by atoms with van der Waals surface area (Å²) in [6.07, 6.45) is 4.48. The van der Waals surface area contributed by atoms with Crippen LogP contribution in [0.2, 0.25) is 0 Å². The summed E-state index contributed by atoms with van der Waals surface area (Å²) in [5, 5.41) is 9.23. The van der Waals surface area contributed by atoms with Crippen LogP contribution in [0.1, 0.15) is 42.1 Å². The van der Waals surface area contributed by atoms with Crippen LogP contribution in [0.25, 0.3) is 22.4 Å². The largest absolute Gasteiger partial charge is 0.478 e. The Hall–Kier alpha value is -2.21. The fraction of sp³-hybridized carbons (Fsp3) is 0.263. The Kier molecular flexibility index (Phi) is 4.07. The molecule has 25 heavy (non-hydrogen) atoms. The lowest BCUT2D eigenvalue weighted by Gasteiger charge is -2.16. The lowest BCUT2D eigenvalue weighted by atomic mass is 10.1. The lowest BCUT2D eigenvalue weighted by molar-refractivity contribution is 0.0697. The van der Waals surface area contributed by atoms with E-state index in [-0.39, 0.29) is 11.4 Å². The van der Waals surface area contributed by atoms with Crippen molar-refractivity contribution in [3.63, 3.8) is 0 Å². The zero-order valence-electron chi connectivity index (χ0n) is 13.4. The van der Waals surface area contributed by atoms with Gasteiger partial charge < -0.3 is 9.67 Å². The van der Waals surface area contributed by atoms with Crippen LogP contribution in [0.4, 0.5) is 4.39 Å². The minimum Gasteiger partial charge on any atom is -0.478 e. The minimum atomic E-state index is -0.969. The van der Waals surface area contributed by atoms with Gasteiger partial charge in [-0.1, -0.05) is 12.8 Å². The number of benzene rings is 2. The van der Waals surface area contributed by atoms with Crippen molar-refractivity contribution >= 4 is 32.9 Å². The smallest absolute Gasteiger partial charge is 0.335 e. The van der Waals surface area contributed by atoms with E-state index in [4.69, 9.17) is 4.98 Å². The Labute approximate surface area is 152 Å². The summed E-state index contributed by atoms with van der Waals surface area (Å²) in [7, 11) is 0. The van der Waals surface area contributed by atoms with Crippen LogP contribution in [0, 0.1) is 5.82 Å². The molecule has 1 N–H and O–H groups in total. The van der Waals surface area contributed by atoms with Crippen molar-refractivity contribution in [1.29, 1.82) is 0 Å². The second-order valence-electron chi connectivity index (χ2n) is 6.38. The van der Waals surface area contributed by atoms with E-state index >= 15 is 0 Å². The number of halogens is 2. The quantitative estimate of drug-likeness (QED) is 0.636. The third kappa shape index (κ3) is 2.84. The molecule has 0 bridgehead atoms. The number of fused-ring (bicyclic) bond motifs is 1. The molecule has 6 heteroatoms. The molecule has 1 saturated carbocycles. The molecule has 4 rings (SSSR count). The molecule has 4 nitrogen and oxygen atoms in total. The van der Waals surface area contributed by atoms with Gasteiger partial charge in [-0.2, -0.15) is 0 Å². The molecule has 1 aliphatic rings. The van der Waals surface area contributed by atoms with E-state index in [1.165, 1.54) is 18.9 Å². The lowest BCUT2D eigenvalue weighted by Crippen LogP contribution is -2.07. The first-order chi connectivity index (χ1) is 12.0. The van der Waals surface area contributed by atoms with Crippen LogP contribution in [-0.4, -0.2) is 20.6 Å². The van der Waals surface area contributed by atoms with Crippen molar-refractivity contribution in [2.24, 2.45) is 0 Å². The summed E-state index contributed by atoms with van der Waals surface area (Å²) in [5.74, 6) is -0.533. The topological polar surface area (TPSA) is 55.1 Å². The van der Waals surface area contributed by atoms with Gasteiger partial charge in [0.25, 0.3) is 0 Å². The van der Waals surface area contributed by atoms with Gasteiger partial charge >= 0.3 is 5.97 Å². The minimum absolute atomic E-state index is 0.218. The van der Waals surface area contributed by atoms with Crippen LogP contribution in [0.5, 0.6) is 0 Å². The zero-order valence-corrected chi connectivity index (χ0v) is 15.0.